The Kier molecular flexibility index (Phi) is 4.51. The number of ether oxygens (including phenoxy) is 2. The lowest BCUT2D eigenvalue weighted by Gasteiger charge is -2.41. The summed E-state index contributed by atoms with van der Waals surface area (Å²) in [6, 6.07) is 4.64. The van der Waals surface area contributed by atoms with Crippen LogP contribution in [-0.4, -0.2) is 48.0 Å². The highest BCUT2D eigenvalue weighted by Crippen LogP contribution is 2.38. The summed E-state index contributed by atoms with van der Waals surface area (Å²) in [5.74, 6) is 1.37. The van der Waals surface area contributed by atoms with Gasteiger partial charge < -0.3 is 15.2 Å². The van der Waals surface area contributed by atoms with Crippen LogP contribution in [0.4, 0.5) is 0 Å². The van der Waals surface area contributed by atoms with Crippen molar-refractivity contribution in [3.05, 3.63) is 23.9 Å². The Morgan fingerprint density at radius 2 is 2.04 bits per heavy atom. The average Bonchev–Trinajstić information content (AvgIpc) is 2.59. The molecule has 1 aromatic heterocycles. The molecule has 3 aliphatic heterocycles. The molecule has 2 bridgehead atoms. The number of pyridine rings is 1. The van der Waals surface area contributed by atoms with Crippen molar-refractivity contribution in [1.29, 1.82) is 0 Å². The minimum Gasteiger partial charge on any atom is -0.461 e. The van der Waals surface area contributed by atoms with E-state index in [9.17, 15) is 0 Å². The molecule has 5 heteroatoms. The van der Waals surface area contributed by atoms with E-state index in [-0.39, 0.29) is 12.1 Å². The molecule has 4 heterocycles. The van der Waals surface area contributed by atoms with Crippen LogP contribution in [0.1, 0.15) is 50.0 Å². The molecule has 1 saturated carbocycles. The van der Waals surface area contributed by atoms with Crippen molar-refractivity contribution in [2.24, 2.45) is 5.73 Å². The third kappa shape index (κ3) is 3.23. The largest absolute Gasteiger partial charge is 0.461 e. The molecule has 2 atom stereocenters. The van der Waals surface area contributed by atoms with Gasteiger partial charge in [0.25, 0.3) is 0 Å². The summed E-state index contributed by atoms with van der Waals surface area (Å²) in [4.78, 5) is 6.84. The van der Waals surface area contributed by atoms with Crippen LogP contribution >= 0.6 is 0 Å². The Morgan fingerprint density at radius 1 is 1.17 bits per heavy atom. The van der Waals surface area contributed by atoms with Gasteiger partial charge in [-0.2, -0.15) is 0 Å². The SMILES string of the molecule is NC1CCCN2COc3ncccc3[C@H]3CC[C@H](CC3)OCC12. The summed E-state index contributed by atoms with van der Waals surface area (Å²) in [7, 11) is 0. The van der Waals surface area contributed by atoms with Crippen molar-refractivity contribution in [3.8, 4) is 5.88 Å². The van der Waals surface area contributed by atoms with Gasteiger partial charge in [0.05, 0.1) is 18.8 Å². The number of aromatic nitrogens is 1. The Morgan fingerprint density at radius 3 is 2.91 bits per heavy atom. The maximum absolute atomic E-state index is 6.37. The number of hydrogen-bond donors (Lipinski definition) is 1. The summed E-state index contributed by atoms with van der Waals surface area (Å²) < 4.78 is 12.4. The Bertz CT molecular complexity index is 531. The minimum absolute atomic E-state index is 0.176. The molecular formula is C18H27N3O2. The van der Waals surface area contributed by atoms with E-state index in [2.05, 4.69) is 16.0 Å². The molecule has 0 amide bonds. The first-order chi connectivity index (χ1) is 11.3. The molecular weight excluding hydrogens is 290 g/mol. The van der Waals surface area contributed by atoms with Crippen molar-refractivity contribution in [1.82, 2.24) is 9.88 Å². The van der Waals surface area contributed by atoms with E-state index in [1.807, 2.05) is 12.3 Å². The van der Waals surface area contributed by atoms with Gasteiger partial charge in [0.2, 0.25) is 5.88 Å². The van der Waals surface area contributed by atoms with Crippen LogP contribution in [0.2, 0.25) is 0 Å². The second-order valence-electron chi connectivity index (χ2n) is 7.16. The number of fused-ring (bicyclic) bond motifs is 4. The minimum atomic E-state index is 0.176. The molecule has 0 spiro atoms. The lowest BCUT2D eigenvalue weighted by atomic mass is 9.83. The van der Waals surface area contributed by atoms with Crippen LogP contribution in [0.3, 0.4) is 0 Å². The van der Waals surface area contributed by atoms with Gasteiger partial charge in [-0.3, -0.25) is 4.90 Å². The molecule has 0 radical (unpaired) electrons. The molecule has 4 aliphatic rings. The quantitative estimate of drug-likeness (QED) is 0.795. The first kappa shape index (κ1) is 15.4. The molecule has 5 rings (SSSR count). The molecule has 126 valence electrons. The van der Waals surface area contributed by atoms with E-state index in [0.717, 1.165) is 57.6 Å². The van der Waals surface area contributed by atoms with E-state index in [4.69, 9.17) is 15.2 Å². The fourth-order valence-electron chi connectivity index (χ4n) is 4.30. The van der Waals surface area contributed by atoms with Gasteiger partial charge in [0.15, 0.2) is 0 Å². The van der Waals surface area contributed by atoms with Crippen LogP contribution in [0.5, 0.6) is 5.88 Å². The Labute approximate surface area is 138 Å². The van der Waals surface area contributed by atoms with Crippen molar-refractivity contribution in [2.45, 2.75) is 62.6 Å². The van der Waals surface area contributed by atoms with E-state index in [0.29, 0.717) is 18.8 Å². The summed E-state index contributed by atoms with van der Waals surface area (Å²) in [6.45, 7) is 2.32. The number of rotatable bonds is 0. The normalized spacial score (nSPS) is 35.3. The first-order valence-corrected chi connectivity index (χ1v) is 9.00. The standard InChI is InChI=1S/C18H27N3O2/c19-16-4-2-10-21-12-23-18-15(3-1-9-20-18)13-5-7-14(8-6-13)22-11-17(16)21/h1,3,9,13-14,16-17H,2,4-8,10-12,19H2/t13-,14+,16?,17?. The molecule has 1 saturated heterocycles. The predicted octanol–water partition coefficient (Wildman–Crippen LogP) is 2.27. The van der Waals surface area contributed by atoms with E-state index in [1.54, 1.807) is 0 Å². The average molecular weight is 317 g/mol. The highest BCUT2D eigenvalue weighted by molar-refractivity contribution is 5.30. The number of nitrogens with zero attached hydrogens (tertiary/aromatic N) is 2. The monoisotopic (exact) mass is 317 g/mol. The summed E-state index contributed by atoms with van der Waals surface area (Å²) in [6.07, 6.45) is 9.00. The van der Waals surface area contributed by atoms with Gasteiger partial charge in [-0.1, -0.05) is 6.07 Å². The fourth-order valence-corrected chi connectivity index (χ4v) is 4.30. The zero-order valence-electron chi connectivity index (χ0n) is 13.7. The summed E-state index contributed by atoms with van der Waals surface area (Å²) in [5, 5.41) is 0. The van der Waals surface area contributed by atoms with Crippen LogP contribution in [0.25, 0.3) is 0 Å². The zero-order valence-corrected chi connectivity index (χ0v) is 13.7. The van der Waals surface area contributed by atoms with Crippen LogP contribution < -0.4 is 10.5 Å². The molecule has 2 N–H and O–H groups in total. The van der Waals surface area contributed by atoms with Crippen molar-refractivity contribution in [2.75, 3.05) is 19.9 Å². The maximum Gasteiger partial charge on any atom is 0.218 e. The molecule has 2 unspecified atom stereocenters. The summed E-state index contributed by atoms with van der Waals surface area (Å²) >= 11 is 0. The number of nitrogens with two attached hydrogens (primary N) is 1. The molecule has 2 fully saturated rings. The molecule has 5 nitrogen and oxygen atoms in total. The van der Waals surface area contributed by atoms with Crippen molar-refractivity contribution < 1.29 is 9.47 Å². The lowest BCUT2D eigenvalue weighted by Crippen LogP contribution is -2.55. The predicted molar refractivity (Wildman–Crippen MR) is 88.4 cm³/mol. The molecule has 1 aliphatic carbocycles. The van der Waals surface area contributed by atoms with Crippen molar-refractivity contribution >= 4 is 0 Å². The number of piperidine rings is 1. The van der Waals surface area contributed by atoms with Gasteiger partial charge in [0.1, 0.15) is 6.73 Å². The molecule has 0 aromatic carbocycles. The zero-order chi connectivity index (χ0) is 15.6. The van der Waals surface area contributed by atoms with E-state index < -0.39 is 0 Å². The van der Waals surface area contributed by atoms with Gasteiger partial charge in [-0.25, -0.2) is 4.98 Å². The van der Waals surface area contributed by atoms with Crippen LogP contribution in [-0.2, 0) is 4.74 Å². The second-order valence-corrected chi connectivity index (χ2v) is 7.16. The highest BCUT2D eigenvalue weighted by Gasteiger charge is 2.33. The van der Waals surface area contributed by atoms with Crippen LogP contribution in [0, 0.1) is 0 Å². The first-order valence-electron chi connectivity index (χ1n) is 9.00. The van der Waals surface area contributed by atoms with Gasteiger partial charge >= 0.3 is 0 Å². The fraction of sp³-hybridized carbons (Fsp3) is 0.722. The molecule has 1 aromatic rings. The summed E-state index contributed by atoms with van der Waals surface area (Å²) in [5.41, 5.74) is 7.64. The van der Waals surface area contributed by atoms with Crippen molar-refractivity contribution in [3.63, 3.8) is 0 Å². The van der Waals surface area contributed by atoms with Gasteiger partial charge in [-0.15, -0.1) is 0 Å². The lowest BCUT2D eigenvalue weighted by molar-refractivity contribution is -0.0465. The second kappa shape index (κ2) is 6.75. The van der Waals surface area contributed by atoms with Gasteiger partial charge in [0, 0.05) is 24.3 Å². The highest BCUT2D eigenvalue weighted by atomic mass is 16.5. The Balaban J connectivity index is 1.61. The smallest absolute Gasteiger partial charge is 0.218 e. The maximum atomic E-state index is 6.37. The van der Waals surface area contributed by atoms with Crippen LogP contribution in [0.15, 0.2) is 18.3 Å². The third-order valence-corrected chi connectivity index (χ3v) is 5.73. The van der Waals surface area contributed by atoms with E-state index in [1.165, 1.54) is 5.56 Å². The topological polar surface area (TPSA) is 60.6 Å². The third-order valence-electron chi connectivity index (χ3n) is 5.73. The van der Waals surface area contributed by atoms with Gasteiger partial charge in [-0.05, 0) is 50.5 Å². The number of hydrogen-bond acceptors (Lipinski definition) is 5. The van der Waals surface area contributed by atoms with E-state index >= 15 is 0 Å². The molecule has 23 heavy (non-hydrogen) atoms. The Hall–Kier alpha value is -1.17.